The van der Waals surface area contributed by atoms with Crippen LogP contribution in [0.2, 0.25) is 0 Å². The number of rotatable bonds is 6. The molecule has 188 valence electrons. The van der Waals surface area contributed by atoms with E-state index in [-0.39, 0.29) is 5.70 Å². The van der Waals surface area contributed by atoms with E-state index >= 15 is 0 Å². The van der Waals surface area contributed by atoms with Gasteiger partial charge in [-0.3, -0.25) is 0 Å². The molecule has 0 aliphatic carbocycles. The van der Waals surface area contributed by atoms with Gasteiger partial charge in [-0.15, -0.1) is 0 Å². The van der Waals surface area contributed by atoms with Crippen molar-refractivity contribution in [3.05, 3.63) is 173 Å². The molecule has 1 aliphatic heterocycles. The lowest BCUT2D eigenvalue weighted by Gasteiger charge is -2.39. The summed E-state index contributed by atoms with van der Waals surface area (Å²) in [6.45, 7) is 7.61. The number of benzene rings is 4. The predicted molar refractivity (Wildman–Crippen MR) is 157 cm³/mol. The Labute approximate surface area is 229 Å². The van der Waals surface area contributed by atoms with Gasteiger partial charge in [-0.05, 0) is 47.6 Å². The van der Waals surface area contributed by atoms with Crippen LogP contribution in [-0.2, 0) is 10.3 Å². The van der Waals surface area contributed by atoms with Crippen LogP contribution in [0.4, 0.5) is 11.4 Å². The van der Waals surface area contributed by atoms with E-state index in [2.05, 4.69) is 52.2 Å². The first-order valence-corrected chi connectivity index (χ1v) is 12.7. The molecule has 0 unspecified atom stereocenters. The van der Waals surface area contributed by atoms with E-state index in [1.54, 1.807) is 0 Å². The van der Waals surface area contributed by atoms with Gasteiger partial charge in [0.15, 0.2) is 5.60 Å². The normalized spacial score (nSPS) is 15.4. The summed E-state index contributed by atoms with van der Waals surface area (Å²) in [7, 11) is 2.05. The fourth-order valence-electron chi connectivity index (χ4n) is 4.85. The fraction of sp³-hybridized carbons (Fsp3) is 0.0857. The Morgan fingerprint density at radius 1 is 0.821 bits per heavy atom. The maximum absolute atomic E-state index is 9.72. The Hall–Kier alpha value is -5.32. The molecule has 0 aromatic heterocycles. The number of hydrogen-bond acceptors (Lipinski definition) is 3. The van der Waals surface area contributed by atoms with Gasteiger partial charge in [0.05, 0.1) is 12.6 Å². The molecule has 0 atom stereocenters. The lowest BCUT2D eigenvalue weighted by atomic mass is 9.79. The average molecular weight is 506 g/mol. The molecule has 0 saturated heterocycles. The van der Waals surface area contributed by atoms with Gasteiger partial charge in [-0.1, -0.05) is 97.1 Å². The molecule has 39 heavy (non-hydrogen) atoms. The Morgan fingerprint density at radius 3 is 1.90 bits per heavy atom. The molecule has 0 fully saturated rings. The zero-order valence-corrected chi connectivity index (χ0v) is 21.7. The van der Waals surface area contributed by atoms with Crippen LogP contribution in [0.3, 0.4) is 0 Å². The minimum atomic E-state index is -0.874. The second-order valence-corrected chi connectivity index (χ2v) is 9.30. The van der Waals surface area contributed by atoms with Crippen LogP contribution < -0.4 is 4.90 Å². The minimum Gasteiger partial charge on any atom is -0.478 e. The number of anilines is 2. The number of para-hydroxylation sites is 1. The molecular formula is C35H27N3O. The van der Waals surface area contributed by atoms with Gasteiger partial charge < -0.3 is 9.64 Å². The molecule has 4 aromatic carbocycles. The summed E-state index contributed by atoms with van der Waals surface area (Å²) in [5.74, 6) is 0.589. The molecule has 5 rings (SSSR count). The average Bonchev–Trinajstić information content (AvgIpc) is 3.02. The van der Waals surface area contributed by atoms with Crippen molar-refractivity contribution in [3.8, 4) is 6.07 Å². The third-order valence-corrected chi connectivity index (χ3v) is 6.91. The van der Waals surface area contributed by atoms with Crippen molar-refractivity contribution in [2.75, 3.05) is 11.9 Å². The van der Waals surface area contributed by atoms with Crippen molar-refractivity contribution >= 4 is 17.5 Å². The highest BCUT2D eigenvalue weighted by Crippen LogP contribution is 2.45. The maximum Gasteiger partial charge on any atom is 0.265 e. The summed E-state index contributed by atoms with van der Waals surface area (Å²) < 4.78 is 6.78. The quantitative estimate of drug-likeness (QED) is 0.195. The number of hydrogen-bond donors (Lipinski definition) is 0. The fourth-order valence-corrected chi connectivity index (χ4v) is 4.85. The topological polar surface area (TPSA) is 40.6 Å². The smallest absolute Gasteiger partial charge is 0.265 e. The van der Waals surface area contributed by atoms with Crippen LogP contribution in [0.25, 0.3) is 10.9 Å². The zero-order valence-electron chi connectivity index (χ0n) is 21.7. The highest BCUT2D eigenvalue weighted by molar-refractivity contribution is 5.65. The first-order valence-electron chi connectivity index (χ1n) is 12.7. The summed E-state index contributed by atoms with van der Waals surface area (Å²) in [4.78, 5) is 5.66. The molecule has 0 radical (unpaired) electrons. The first-order chi connectivity index (χ1) is 19.1. The molecule has 0 N–H and O–H groups in total. The molecule has 0 saturated carbocycles. The molecule has 1 heterocycles. The van der Waals surface area contributed by atoms with Gasteiger partial charge in [-0.25, -0.2) is 10.1 Å². The van der Waals surface area contributed by atoms with Crippen LogP contribution in [0.15, 0.2) is 144 Å². The van der Waals surface area contributed by atoms with Gasteiger partial charge >= 0.3 is 0 Å². The van der Waals surface area contributed by atoms with E-state index in [1.165, 1.54) is 0 Å². The van der Waals surface area contributed by atoms with Gasteiger partial charge in [-0.2, -0.15) is 0 Å². The molecule has 1 aliphatic rings. The Kier molecular flexibility index (Phi) is 7.39. The van der Waals surface area contributed by atoms with E-state index in [1.807, 2.05) is 104 Å². The first kappa shape index (κ1) is 25.3. The van der Waals surface area contributed by atoms with E-state index in [9.17, 15) is 5.26 Å². The monoisotopic (exact) mass is 505 g/mol. The van der Waals surface area contributed by atoms with Crippen LogP contribution in [0.5, 0.6) is 0 Å². The summed E-state index contributed by atoms with van der Waals surface area (Å²) in [6, 6.07) is 40.6. The summed E-state index contributed by atoms with van der Waals surface area (Å²) in [6.07, 6.45) is 6.10. The van der Waals surface area contributed by atoms with Gasteiger partial charge in [0.25, 0.3) is 5.70 Å². The molecule has 0 bridgehead atoms. The highest BCUT2D eigenvalue weighted by Gasteiger charge is 2.40. The standard InChI is InChI=1S/C35H27N3O/c1-37-34(26-36)28-24-33(23-20-27-18-21-32(22-19-27)38(2)31-16-10-5-11-17-31)39-35(25-28,29-12-6-3-7-13-29)30-14-8-4-9-15-30/h3-24H,25H2,2H3/b23-20+,34-28-. The van der Waals surface area contributed by atoms with Crippen LogP contribution in [0.1, 0.15) is 23.1 Å². The summed E-state index contributed by atoms with van der Waals surface area (Å²) >= 11 is 0. The van der Waals surface area contributed by atoms with Crippen LogP contribution >= 0.6 is 0 Å². The zero-order chi connectivity index (χ0) is 27.1. The second kappa shape index (κ2) is 11.4. The highest BCUT2D eigenvalue weighted by atomic mass is 16.5. The van der Waals surface area contributed by atoms with E-state index in [0.29, 0.717) is 17.8 Å². The van der Waals surface area contributed by atoms with E-state index in [0.717, 1.165) is 28.1 Å². The molecule has 0 spiro atoms. The Morgan fingerprint density at radius 2 is 1.36 bits per heavy atom. The minimum absolute atomic E-state index is 0.0775. The van der Waals surface area contributed by atoms with Gasteiger partial charge in [0.1, 0.15) is 5.76 Å². The van der Waals surface area contributed by atoms with Crippen molar-refractivity contribution in [1.82, 2.24) is 0 Å². The Bertz CT molecular complexity index is 1550. The van der Waals surface area contributed by atoms with Crippen LogP contribution in [-0.4, -0.2) is 7.05 Å². The molecular weight excluding hydrogens is 478 g/mol. The van der Waals surface area contributed by atoms with Crippen LogP contribution in [0, 0.1) is 17.9 Å². The van der Waals surface area contributed by atoms with E-state index in [4.69, 9.17) is 11.3 Å². The number of nitriles is 1. The lowest BCUT2D eigenvalue weighted by molar-refractivity contribution is 0.0348. The largest absolute Gasteiger partial charge is 0.478 e. The van der Waals surface area contributed by atoms with E-state index < -0.39 is 5.60 Å². The SMILES string of the molecule is [C-]#[N+]/C(C#N)=C1C=C(/C=C/c2ccc(N(C)c3ccccc3)cc2)OC(c2ccccc2)(c2ccccc2)C/1. The molecule has 0 amide bonds. The number of ether oxygens (including phenoxy) is 1. The maximum atomic E-state index is 9.72. The predicted octanol–water partition coefficient (Wildman–Crippen LogP) is 8.41. The summed E-state index contributed by atoms with van der Waals surface area (Å²) in [5, 5.41) is 9.72. The molecule has 4 heteroatoms. The summed E-state index contributed by atoms with van der Waals surface area (Å²) in [5.41, 5.74) is 5.00. The third kappa shape index (κ3) is 5.37. The second-order valence-electron chi connectivity index (χ2n) is 9.30. The molecule has 4 aromatic rings. The van der Waals surface area contributed by atoms with Gasteiger partial charge in [0.2, 0.25) is 0 Å². The number of nitrogens with zero attached hydrogens (tertiary/aromatic N) is 3. The van der Waals surface area contributed by atoms with Crippen molar-refractivity contribution in [3.63, 3.8) is 0 Å². The van der Waals surface area contributed by atoms with Crippen molar-refractivity contribution < 1.29 is 4.74 Å². The lowest BCUT2D eigenvalue weighted by Crippen LogP contribution is -2.34. The van der Waals surface area contributed by atoms with Crippen molar-refractivity contribution in [2.45, 2.75) is 12.0 Å². The molecule has 4 nitrogen and oxygen atoms in total. The van der Waals surface area contributed by atoms with Crippen molar-refractivity contribution in [2.24, 2.45) is 0 Å². The van der Waals surface area contributed by atoms with Gasteiger partial charge in [0, 0.05) is 36.0 Å². The van der Waals surface area contributed by atoms with Crippen molar-refractivity contribution in [1.29, 1.82) is 5.26 Å². The number of allylic oxidation sites excluding steroid dienone is 3. The Balaban J connectivity index is 1.51. The third-order valence-electron chi connectivity index (χ3n) is 6.91.